The van der Waals surface area contributed by atoms with Crippen molar-refractivity contribution in [2.45, 2.75) is 6.54 Å². The Bertz CT molecular complexity index is 694. The molecule has 0 aliphatic heterocycles. The van der Waals surface area contributed by atoms with Gasteiger partial charge in [0.1, 0.15) is 5.82 Å². The second kappa shape index (κ2) is 6.81. The second-order valence-electron chi connectivity index (χ2n) is 4.16. The number of aliphatic carboxylic acids is 1. The molecule has 1 aromatic carbocycles. The molecule has 1 amide bonds. The molecule has 0 aliphatic rings. The van der Waals surface area contributed by atoms with Gasteiger partial charge in [0.2, 0.25) is 0 Å². The number of carbonyl (C=O) groups excluding carboxylic acids is 1. The van der Waals surface area contributed by atoms with E-state index in [-0.39, 0.29) is 18.0 Å². The Labute approximate surface area is 124 Å². The smallest absolute Gasteiger partial charge is 0.328 e. The van der Waals surface area contributed by atoms with Crippen LogP contribution in [-0.2, 0) is 11.3 Å². The van der Waals surface area contributed by atoms with Gasteiger partial charge in [0.15, 0.2) is 0 Å². The van der Waals surface area contributed by atoms with Gasteiger partial charge >= 0.3 is 5.97 Å². The van der Waals surface area contributed by atoms with E-state index in [1.807, 2.05) is 5.38 Å². The highest BCUT2D eigenvalue weighted by Gasteiger charge is 2.08. The number of thiophene rings is 1. The fourth-order valence-electron chi connectivity index (χ4n) is 1.70. The zero-order valence-electron chi connectivity index (χ0n) is 10.9. The van der Waals surface area contributed by atoms with Crippen LogP contribution in [0.5, 0.6) is 0 Å². The molecule has 0 unspecified atom stereocenters. The molecule has 0 fully saturated rings. The largest absolute Gasteiger partial charge is 0.478 e. The van der Waals surface area contributed by atoms with Crippen molar-refractivity contribution in [2.24, 2.45) is 0 Å². The minimum atomic E-state index is -1.03. The summed E-state index contributed by atoms with van der Waals surface area (Å²) >= 11 is 1.41. The molecule has 0 radical (unpaired) electrons. The van der Waals surface area contributed by atoms with Crippen molar-refractivity contribution in [1.82, 2.24) is 5.32 Å². The van der Waals surface area contributed by atoms with Crippen LogP contribution in [0.1, 0.15) is 20.8 Å². The minimum Gasteiger partial charge on any atom is -0.478 e. The lowest BCUT2D eigenvalue weighted by Gasteiger charge is -2.05. The molecule has 0 aliphatic carbocycles. The van der Waals surface area contributed by atoms with Crippen LogP contribution in [0, 0.1) is 5.82 Å². The van der Waals surface area contributed by atoms with Crippen molar-refractivity contribution in [3.63, 3.8) is 0 Å². The normalized spacial score (nSPS) is 10.7. The number of carboxylic acids is 1. The van der Waals surface area contributed by atoms with E-state index in [2.05, 4.69) is 5.32 Å². The fraction of sp³-hybridized carbons (Fsp3) is 0.0667. The van der Waals surface area contributed by atoms with Gasteiger partial charge in [-0.3, -0.25) is 4.79 Å². The molecule has 0 saturated heterocycles. The highest BCUT2D eigenvalue weighted by atomic mass is 32.1. The van der Waals surface area contributed by atoms with E-state index in [0.29, 0.717) is 0 Å². The first-order valence-electron chi connectivity index (χ1n) is 6.07. The summed E-state index contributed by atoms with van der Waals surface area (Å²) in [5.41, 5.74) is 0.983. The van der Waals surface area contributed by atoms with E-state index in [1.165, 1.54) is 35.6 Å². The second-order valence-corrected chi connectivity index (χ2v) is 5.16. The van der Waals surface area contributed by atoms with E-state index in [1.54, 1.807) is 6.07 Å². The summed E-state index contributed by atoms with van der Waals surface area (Å²) in [5.74, 6) is -1.88. The van der Waals surface area contributed by atoms with Gasteiger partial charge in [-0.15, -0.1) is 11.3 Å². The van der Waals surface area contributed by atoms with Gasteiger partial charge in [0.05, 0.1) is 6.54 Å². The summed E-state index contributed by atoms with van der Waals surface area (Å²) in [7, 11) is 0. The molecule has 1 heterocycles. The first-order chi connectivity index (χ1) is 10.1. The van der Waals surface area contributed by atoms with Gasteiger partial charge in [0.25, 0.3) is 5.91 Å². The Morgan fingerprint density at radius 2 is 2.14 bits per heavy atom. The van der Waals surface area contributed by atoms with Gasteiger partial charge in [-0.05, 0) is 41.3 Å². The molecular formula is C15H12FNO3S. The number of carbonyl (C=O) groups is 2. The zero-order chi connectivity index (χ0) is 15.2. The zero-order valence-corrected chi connectivity index (χ0v) is 11.7. The van der Waals surface area contributed by atoms with Crippen molar-refractivity contribution in [3.8, 4) is 0 Å². The standard InChI is InChI=1S/C15H12FNO3S/c16-12-3-1-2-11(8-12)15(20)17-9-13-10(6-7-21-13)4-5-14(18)19/h1-8H,9H2,(H,17,20)(H,18,19)/b5-4+. The third-order valence-corrected chi connectivity index (χ3v) is 3.62. The van der Waals surface area contributed by atoms with Crippen LogP contribution in [0.2, 0.25) is 0 Å². The SMILES string of the molecule is O=C(O)/C=C/c1ccsc1CNC(=O)c1cccc(F)c1. The number of amides is 1. The lowest BCUT2D eigenvalue weighted by atomic mass is 10.2. The van der Waals surface area contributed by atoms with Crippen molar-refractivity contribution in [1.29, 1.82) is 0 Å². The Hall–Kier alpha value is -2.47. The van der Waals surface area contributed by atoms with Crippen molar-refractivity contribution in [3.05, 3.63) is 63.6 Å². The summed E-state index contributed by atoms with van der Waals surface area (Å²) in [6.07, 6.45) is 2.52. The van der Waals surface area contributed by atoms with Gasteiger partial charge in [-0.2, -0.15) is 0 Å². The van der Waals surface area contributed by atoms with E-state index in [9.17, 15) is 14.0 Å². The number of rotatable bonds is 5. The molecule has 21 heavy (non-hydrogen) atoms. The summed E-state index contributed by atoms with van der Waals surface area (Å²) in [6.45, 7) is 0.256. The Morgan fingerprint density at radius 3 is 2.86 bits per heavy atom. The van der Waals surface area contributed by atoms with E-state index in [4.69, 9.17) is 5.11 Å². The van der Waals surface area contributed by atoms with Gasteiger partial charge in [-0.25, -0.2) is 9.18 Å². The lowest BCUT2D eigenvalue weighted by Crippen LogP contribution is -2.22. The van der Waals surface area contributed by atoms with Crippen LogP contribution in [0.4, 0.5) is 4.39 Å². The summed E-state index contributed by atoms with van der Waals surface area (Å²) in [6, 6.07) is 7.20. The molecule has 2 N–H and O–H groups in total. The van der Waals surface area contributed by atoms with E-state index >= 15 is 0 Å². The first kappa shape index (κ1) is 14.9. The number of hydrogen-bond acceptors (Lipinski definition) is 3. The van der Waals surface area contributed by atoms with Crippen molar-refractivity contribution >= 4 is 29.3 Å². The third-order valence-electron chi connectivity index (χ3n) is 2.68. The molecule has 0 bridgehead atoms. The van der Waals surface area contributed by atoms with Gasteiger partial charge in [0, 0.05) is 16.5 Å². The van der Waals surface area contributed by atoms with E-state index < -0.39 is 11.8 Å². The Balaban J connectivity index is 2.02. The Kier molecular flexibility index (Phi) is 4.84. The number of benzene rings is 1. The maximum absolute atomic E-state index is 13.0. The van der Waals surface area contributed by atoms with Crippen LogP contribution >= 0.6 is 11.3 Å². The molecule has 6 heteroatoms. The minimum absolute atomic E-state index is 0.245. The monoisotopic (exact) mass is 305 g/mol. The molecule has 0 saturated carbocycles. The molecule has 4 nitrogen and oxygen atoms in total. The fourth-order valence-corrected chi connectivity index (χ4v) is 2.50. The highest BCUT2D eigenvalue weighted by Crippen LogP contribution is 2.18. The highest BCUT2D eigenvalue weighted by molar-refractivity contribution is 7.10. The lowest BCUT2D eigenvalue weighted by molar-refractivity contribution is -0.131. The molecular weight excluding hydrogens is 293 g/mol. The quantitative estimate of drug-likeness (QED) is 0.835. The van der Waals surface area contributed by atoms with Crippen LogP contribution < -0.4 is 5.32 Å². The maximum Gasteiger partial charge on any atom is 0.328 e. The summed E-state index contributed by atoms with van der Waals surface area (Å²) in [4.78, 5) is 23.2. The van der Waals surface area contributed by atoms with Crippen molar-refractivity contribution in [2.75, 3.05) is 0 Å². The molecule has 0 atom stereocenters. The third kappa shape index (κ3) is 4.25. The van der Waals surface area contributed by atoms with Crippen LogP contribution in [-0.4, -0.2) is 17.0 Å². The number of nitrogens with one attached hydrogen (secondary N) is 1. The summed E-state index contributed by atoms with van der Waals surface area (Å²) < 4.78 is 13.0. The number of hydrogen-bond donors (Lipinski definition) is 2. The maximum atomic E-state index is 13.0. The van der Waals surface area contributed by atoms with Crippen LogP contribution in [0.15, 0.2) is 41.8 Å². The number of halogens is 1. The number of carboxylic acid groups (broad SMARTS) is 1. The van der Waals surface area contributed by atoms with Gasteiger partial charge < -0.3 is 10.4 Å². The van der Waals surface area contributed by atoms with Crippen LogP contribution in [0.25, 0.3) is 6.08 Å². The average Bonchev–Trinajstić information content (AvgIpc) is 2.90. The van der Waals surface area contributed by atoms with Crippen molar-refractivity contribution < 1.29 is 19.1 Å². The Morgan fingerprint density at radius 1 is 1.33 bits per heavy atom. The molecule has 0 spiro atoms. The summed E-state index contributed by atoms with van der Waals surface area (Å²) in [5, 5.41) is 13.1. The predicted molar refractivity (Wildman–Crippen MR) is 78.6 cm³/mol. The molecule has 2 rings (SSSR count). The average molecular weight is 305 g/mol. The topological polar surface area (TPSA) is 66.4 Å². The first-order valence-corrected chi connectivity index (χ1v) is 6.95. The molecule has 2 aromatic rings. The van der Waals surface area contributed by atoms with E-state index in [0.717, 1.165) is 22.6 Å². The predicted octanol–water partition coefficient (Wildman–Crippen LogP) is 2.92. The van der Waals surface area contributed by atoms with Gasteiger partial charge in [-0.1, -0.05) is 6.07 Å². The van der Waals surface area contributed by atoms with Crippen LogP contribution in [0.3, 0.4) is 0 Å². The molecule has 108 valence electrons. The molecule has 1 aromatic heterocycles.